The van der Waals surface area contributed by atoms with E-state index in [-0.39, 0.29) is 5.56 Å². The molecule has 3 aromatic rings. The van der Waals surface area contributed by atoms with Gasteiger partial charge in [-0.1, -0.05) is 18.2 Å². The number of nitrogens with zero attached hydrogens (tertiary/aromatic N) is 2. The summed E-state index contributed by atoms with van der Waals surface area (Å²) in [4.78, 5) is 16.6. The Hall–Kier alpha value is -2.82. The van der Waals surface area contributed by atoms with E-state index in [9.17, 15) is 4.79 Å². The van der Waals surface area contributed by atoms with E-state index in [2.05, 4.69) is 4.98 Å². The van der Waals surface area contributed by atoms with Gasteiger partial charge >= 0.3 is 0 Å². The Balaban J connectivity index is 2.36. The molecule has 3 rings (SSSR count). The maximum Gasteiger partial charge on any atom is 0.258 e. The molecule has 22 heavy (non-hydrogen) atoms. The second-order valence-corrected chi connectivity index (χ2v) is 4.91. The standard InChI is InChI=1S/C17H16N2O3/c1-19-10-14(11-6-4-5-7-13(11)17(19)20)12-8-9-15(21-2)18-16(12)22-3/h4-10H,1-3H3. The maximum atomic E-state index is 12.3. The first-order valence-corrected chi connectivity index (χ1v) is 6.83. The molecule has 0 N–H and O–H groups in total. The number of pyridine rings is 2. The largest absolute Gasteiger partial charge is 0.481 e. The monoisotopic (exact) mass is 296 g/mol. The van der Waals surface area contributed by atoms with Crippen molar-refractivity contribution in [1.29, 1.82) is 0 Å². The quantitative estimate of drug-likeness (QED) is 0.745. The van der Waals surface area contributed by atoms with Crippen LogP contribution in [0.4, 0.5) is 0 Å². The van der Waals surface area contributed by atoms with Crippen LogP contribution in [0.15, 0.2) is 47.4 Å². The van der Waals surface area contributed by atoms with Crippen LogP contribution in [0, 0.1) is 0 Å². The number of aromatic nitrogens is 2. The number of aryl methyl sites for hydroxylation is 1. The third kappa shape index (κ3) is 2.20. The van der Waals surface area contributed by atoms with E-state index >= 15 is 0 Å². The van der Waals surface area contributed by atoms with Crippen LogP contribution in [0.1, 0.15) is 0 Å². The zero-order valence-electron chi connectivity index (χ0n) is 12.7. The van der Waals surface area contributed by atoms with Crippen LogP contribution in [0.2, 0.25) is 0 Å². The molecule has 112 valence electrons. The van der Waals surface area contributed by atoms with Crippen molar-refractivity contribution in [1.82, 2.24) is 9.55 Å². The average Bonchev–Trinajstić information content (AvgIpc) is 2.57. The summed E-state index contributed by atoms with van der Waals surface area (Å²) in [7, 11) is 4.86. The Labute approximate surface area is 127 Å². The van der Waals surface area contributed by atoms with Gasteiger partial charge in [0.1, 0.15) is 0 Å². The van der Waals surface area contributed by atoms with Crippen LogP contribution in [0.3, 0.4) is 0 Å². The third-order valence-corrected chi connectivity index (χ3v) is 3.62. The van der Waals surface area contributed by atoms with Crippen LogP contribution >= 0.6 is 0 Å². The van der Waals surface area contributed by atoms with E-state index in [0.717, 1.165) is 16.5 Å². The van der Waals surface area contributed by atoms with Gasteiger partial charge in [-0.15, -0.1) is 0 Å². The van der Waals surface area contributed by atoms with Gasteiger partial charge in [-0.05, 0) is 17.5 Å². The fourth-order valence-electron chi connectivity index (χ4n) is 2.53. The highest BCUT2D eigenvalue weighted by Gasteiger charge is 2.14. The highest BCUT2D eigenvalue weighted by molar-refractivity contribution is 5.96. The van der Waals surface area contributed by atoms with Crippen molar-refractivity contribution in [2.24, 2.45) is 7.05 Å². The topological polar surface area (TPSA) is 53.4 Å². The van der Waals surface area contributed by atoms with Gasteiger partial charge in [-0.3, -0.25) is 4.79 Å². The Kier molecular flexibility index (Phi) is 3.55. The fraction of sp³-hybridized carbons (Fsp3) is 0.176. The van der Waals surface area contributed by atoms with Crippen molar-refractivity contribution in [2.75, 3.05) is 14.2 Å². The lowest BCUT2D eigenvalue weighted by atomic mass is 10.0. The molecule has 0 atom stereocenters. The van der Waals surface area contributed by atoms with Gasteiger partial charge in [0.2, 0.25) is 11.8 Å². The SMILES string of the molecule is COc1ccc(-c2cn(C)c(=O)c3ccccc23)c(OC)n1. The number of rotatable bonds is 3. The zero-order valence-corrected chi connectivity index (χ0v) is 12.7. The second kappa shape index (κ2) is 5.52. The molecule has 5 heteroatoms. The summed E-state index contributed by atoms with van der Waals surface area (Å²) >= 11 is 0. The fourth-order valence-corrected chi connectivity index (χ4v) is 2.53. The predicted octanol–water partition coefficient (Wildman–Crippen LogP) is 2.62. The smallest absolute Gasteiger partial charge is 0.258 e. The summed E-state index contributed by atoms with van der Waals surface area (Å²) in [6.07, 6.45) is 1.80. The van der Waals surface area contributed by atoms with Crippen LogP contribution in [-0.2, 0) is 7.05 Å². The minimum Gasteiger partial charge on any atom is -0.481 e. The van der Waals surface area contributed by atoms with Crippen molar-refractivity contribution in [3.8, 4) is 22.9 Å². The van der Waals surface area contributed by atoms with E-state index in [4.69, 9.17) is 9.47 Å². The molecule has 0 bridgehead atoms. The molecule has 0 saturated heterocycles. The summed E-state index contributed by atoms with van der Waals surface area (Å²) in [5.74, 6) is 0.942. The van der Waals surface area contributed by atoms with Gasteiger partial charge in [0.25, 0.3) is 5.56 Å². The summed E-state index contributed by atoms with van der Waals surface area (Å²) in [6.45, 7) is 0. The van der Waals surface area contributed by atoms with E-state index in [1.807, 2.05) is 30.3 Å². The minimum atomic E-state index is -0.0280. The predicted molar refractivity (Wildman–Crippen MR) is 85.5 cm³/mol. The van der Waals surface area contributed by atoms with Crippen molar-refractivity contribution in [3.63, 3.8) is 0 Å². The summed E-state index contributed by atoms with van der Waals surface area (Å²) < 4.78 is 12.1. The molecule has 0 saturated carbocycles. The molecule has 2 heterocycles. The Morgan fingerprint density at radius 1 is 0.955 bits per heavy atom. The molecule has 0 aliphatic carbocycles. The zero-order chi connectivity index (χ0) is 15.7. The van der Waals surface area contributed by atoms with Crippen LogP contribution in [-0.4, -0.2) is 23.8 Å². The van der Waals surface area contributed by atoms with Crippen molar-refractivity contribution in [2.45, 2.75) is 0 Å². The van der Waals surface area contributed by atoms with Gasteiger partial charge in [0, 0.05) is 35.8 Å². The normalized spacial score (nSPS) is 10.7. The number of benzene rings is 1. The molecule has 1 aromatic carbocycles. The molecule has 0 amide bonds. The molecule has 0 radical (unpaired) electrons. The number of ether oxygens (including phenoxy) is 2. The van der Waals surface area contributed by atoms with Crippen molar-refractivity contribution in [3.05, 3.63) is 52.9 Å². The van der Waals surface area contributed by atoms with E-state index in [1.165, 1.54) is 0 Å². The number of hydrogen-bond acceptors (Lipinski definition) is 4. The summed E-state index contributed by atoms with van der Waals surface area (Å²) in [6, 6.07) is 11.2. The molecule has 0 unspecified atom stereocenters. The Morgan fingerprint density at radius 3 is 2.36 bits per heavy atom. The highest BCUT2D eigenvalue weighted by atomic mass is 16.5. The average molecular weight is 296 g/mol. The van der Waals surface area contributed by atoms with Gasteiger partial charge in [0.15, 0.2) is 0 Å². The highest BCUT2D eigenvalue weighted by Crippen LogP contribution is 2.33. The van der Waals surface area contributed by atoms with Gasteiger partial charge in [-0.25, -0.2) is 0 Å². The number of methoxy groups -OCH3 is 2. The lowest BCUT2D eigenvalue weighted by molar-refractivity contribution is 0.366. The van der Waals surface area contributed by atoms with Gasteiger partial charge in [0.05, 0.1) is 14.2 Å². The van der Waals surface area contributed by atoms with Crippen LogP contribution in [0.5, 0.6) is 11.8 Å². The molecule has 5 nitrogen and oxygen atoms in total. The number of fused-ring (bicyclic) bond motifs is 1. The Morgan fingerprint density at radius 2 is 1.68 bits per heavy atom. The third-order valence-electron chi connectivity index (χ3n) is 3.62. The molecular weight excluding hydrogens is 280 g/mol. The van der Waals surface area contributed by atoms with Crippen molar-refractivity contribution < 1.29 is 9.47 Å². The molecule has 0 fully saturated rings. The minimum absolute atomic E-state index is 0.0280. The lowest BCUT2D eigenvalue weighted by Gasteiger charge is -2.13. The lowest BCUT2D eigenvalue weighted by Crippen LogP contribution is -2.16. The van der Waals surface area contributed by atoms with Crippen LogP contribution < -0.4 is 15.0 Å². The molecule has 0 aliphatic heterocycles. The van der Waals surface area contributed by atoms with Crippen LogP contribution in [0.25, 0.3) is 21.9 Å². The van der Waals surface area contributed by atoms with E-state index in [1.54, 1.807) is 38.1 Å². The van der Waals surface area contributed by atoms with E-state index in [0.29, 0.717) is 17.1 Å². The first-order valence-electron chi connectivity index (χ1n) is 6.83. The van der Waals surface area contributed by atoms with E-state index < -0.39 is 0 Å². The Bertz CT molecular complexity index is 900. The molecular formula is C17H16N2O3. The second-order valence-electron chi connectivity index (χ2n) is 4.91. The summed E-state index contributed by atoms with van der Waals surface area (Å²) in [5.41, 5.74) is 1.68. The number of hydrogen-bond donors (Lipinski definition) is 0. The summed E-state index contributed by atoms with van der Waals surface area (Å²) in [5, 5.41) is 1.54. The molecule has 0 spiro atoms. The molecule has 2 aromatic heterocycles. The molecule has 0 aliphatic rings. The maximum absolute atomic E-state index is 12.3. The van der Waals surface area contributed by atoms with Gasteiger partial charge in [-0.2, -0.15) is 4.98 Å². The first-order chi connectivity index (χ1) is 10.7. The van der Waals surface area contributed by atoms with Gasteiger partial charge < -0.3 is 14.0 Å². The van der Waals surface area contributed by atoms with Crippen molar-refractivity contribution >= 4 is 10.8 Å². The first kappa shape index (κ1) is 14.1.